The van der Waals surface area contributed by atoms with Crippen LogP contribution < -0.4 is 15.4 Å². The first-order valence-electron chi connectivity index (χ1n) is 10.9. The Morgan fingerprint density at radius 2 is 1.75 bits per heavy atom. The Morgan fingerprint density at radius 3 is 2.41 bits per heavy atom. The lowest BCUT2D eigenvalue weighted by molar-refractivity contribution is 0.113. The summed E-state index contributed by atoms with van der Waals surface area (Å²) in [4.78, 5) is 17.4. The molecule has 0 spiro atoms. The molecule has 0 aliphatic carbocycles. The second-order valence-corrected chi connectivity index (χ2v) is 9.32. The number of carbonyl (C=O) groups excluding carboxylic acids is 1. The van der Waals surface area contributed by atoms with E-state index >= 15 is 0 Å². The zero-order valence-corrected chi connectivity index (χ0v) is 20.4. The Balaban J connectivity index is 1.47. The van der Waals surface area contributed by atoms with Gasteiger partial charge in [-0.05, 0) is 35.7 Å². The number of urea groups is 1. The number of nitrogens with one attached hydrogen (secondary N) is 2. The van der Waals surface area contributed by atoms with Crippen LogP contribution in [0.5, 0.6) is 5.75 Å². The Hall–Kier alpha value is -1.99. The largest absolute Gasteiger partial charge is 0.497 e. The van der Waals surface area contributed by atoms with Gasteiger partial charge in [-0.2, -0.15) is 0 Å². The number of benzene rings is 2. The number of rotatable bonds is 8. The van der Waals surface area contributed by atoms with Gasteiger partial charge in [0, 0.05) is 57.1 Å². The summed E-state index contributed by atoms with van der Waals surface area (Å²) in [7, 11) is 1.61. The molecule has 3 rings (SSSR count). The molecule has 0 bridgehead atoms. The number of amides is 2. The first kappa shape index (κ1) is 24.6. The lowest BCUT2D eigenvalue weighted by Gasteiger charge is -2.37. The molecule has 1 atom stereocenters. The van der Waals surface area contributed by atoms with Crippen LogP contribution in [-0.2, 0) is 6.54 Å². The lowest BCUT2D eigenvalue weighted by atomic mass is 10.0. The summed E-state index contributed by atoms with van der Waals surface area (Å²) in [6.45, 7) is 9.83. The van der Waals surface area contributed by atoms with Gasteiger partial charge in [-0.15, -0.1) is 0 Å². The van der Waals surface area contributed by atoms with Gasteiger partial charge in [0.25, 0.3) is 0 Å². The average Bonchev–Trinajstić information content (AvgIpc) is 2.77. The van der Waals surface area contributed by atoms with Crippen LogP contribution in [0.15, 0.2) is 42.5 Å². The van der Waals surface area contributed by atoms with E-state index in [1.807, 2.05) is 36.4 Å². The highest BCUT2D eigenvalue weighted by atomic mass is 35.5. The molecular formula is C24H32Cl2N4O2. The van der Waals surface area contributed by atoms with E-state index in [2.05, 4.69) is 34.3 Å². The van der Waals surface area contributed by atoms with Gasteiger partial charge >= 0.3 is 6.03 Å². The zero-order chi connectivity index (χ0) is 23.1. The number of methoxy groups -OCH3 is 1. The van der Waals surface area contributed by atoms with Gasteiger partial charge in [-0.1, -0.05) is 49.2 Å². The smallest absolute Gasteiger partial charge is 0.319 e. The normalized spacial score (nSPS) is 16.1. The zero-order valence-electron chi connectivity index (χ0n) is 18.9. The monoisotopic (exact) mass is 478 g/mol. The fraction of sp³-hybridized carbons (Fsp3) is 0.458. The minimum atomic E-state index is -0.199. The van der Waals surface area contributed by atoms with E-state index in [-0.39, 0.29) is 12.1 Å². The van der Waals surface area contributed by atoms with Crippen molar-refractivity contribution in [3.8, 4) is 5.75 Å². The number of nitrogens with zero attached hydrogens (tertiary/aromatic N) is 2. The molecule has 1 fully saturated rings. The number of hydrogen-bond donors (Lipinski definition) is 2. The van der Waals surface area contributed by atoms with E-state index in [1.54, 1.807) is 13.2 Å². The Bertz CT molecular complexity index is 901. The SMILES string of the molecule is COc1cccc(NC(=O)N[C@@H](CN2CCN(Cc3ccc(Cl)c(Cl)c3)CC2)C(C)C)c1. The molecule has 2 aromatic carbocycles. The molecule has 0 radical (unpaired) electrons. The lowest BCUT2D eigenvalue weighted by Crippen LogP contribution is -2.53. The molecule has 8 heteroatoms. The van der Waals surface area contributed by atoms with Crippen LogP contribution in [0, 0.1) is 5.92 Å². The minimum absolute atomic E-state index is 0.0576. The van der Waals surface area contributed by atoms with Gasteiger partial charge < -0.3 is 15.4 Å². The highest BCUT2D eigenvalue weighted by molar-refractivity contribution is 6.42. The third kappa shape index (κ3) is 7.27. The van der Waals surface area contributed by atoms with Crippen LogP contribution in [0.1, 0.15) is 19.4 Å². The quantitative estimate of drug-likeness (QED) is 0.562. The molecular weight excluding hydrogens is 447 g/mol. The minimum Gasteiger partial charge on any atom is -0.497 e. The number of hydrogen-bond acceptors (Lipinski definition) is 4. The Labute approximate surface area is 200 Å². The molecule has 2 aromatic rings. The van der Waals surface area contributed by atoms with E-state index in [1.165, 1.54) is 5.56 Å². The fourth-order valence-electron chi connectivity index (χ4n) is 3.76. The van der Waals surface area contributed by atoms with Crippen molar-refractivity contribution in [1.82, 2.24) is 15.1 Å². The number of piperazine rings is 1. The fourth-order valence-corrected chi connectivity index (χ4v) is 4.08. The van der Waals surface area contributed by atoms with E-state index in [0.717, 1.165) is 39.3 Å². The average molecular weight is 479 g/mol. The Kier molecular flexibility index (Phi) is 9.05. The number of carbonyl (C=O) groups is 1. The van der Waals surface area contributed by atoms with Gasteiger partial charge in [0.05, 0.1) is 17.2 Å². The van der Waals surface area contributed by atoms with Crippen LogP contribution >= 0.6 is 23.2 Å². The summed E-state index contributed by atoms with van der Waals surface area (Å²) in [6.07, 6.45) is 0. The number of halogens is 2. The first-order chi connectivity index (χ1) is 15.3. The molecule has 2 amide bonds. The maximum Gasteiger partial charge on any atom is 0.319 e. The molecule has 0 unspecified atom stereocenters. The molecule has 32 heavy (non-hydrogen) atoms. The molecule has 1 aliphatic heterocycles. The van der Waals surface area contributed by atoms with Crippen LogP contribution in [0.4, 0.5) is 10.5 Å². The van der Waals surface area contributed by atoms with E-state index in [4.69, 9.17) is 27.9 Å². The van der Waals surface area contributed by atoms with Gasteiger partial charge in [0.15, 0.2) is 0 Å². The van der Waals surface area contributed by atoms with Crippen molar-refractivity contribution >= 4 is 34.9 Å². The molecule has 6 nitrogen and oxygen atoms in total. The summed E-state index contributed by atoms with van der Waals surface area (Å²) >= 11 is 12.2. The standard InChI is InChI=1S/C24H32Cl2N4O2/c1-17(2)23(28-24(31)27-19-5-4-6-20(14-19)32-3)16-30-11-9-29(10-12-30)15-18-7-8-21(25)22(26)13-18/h4-8,13-14,17,23H,9-12,15-16H2,1-3H3,(H2,27,28,31)/t23-/m0/s1. The molecule has 1 aliphatic rings. The molecule has 1 saturated heterocycles. The van der Waals surface area contributed by atoms with Crippen LogP contribution in [0.3, 0.4) is 0 Å². The summed E-state index contributed by atoms with van der Waals surface area (Å²) in [6, 6.07) is 13.0. The summed E-state index contributed by atoms with van der Waals surface area (Å²) in [5, 5.41) is 7.23. The predicted octanol–water partition coefficient (Wildman–Crippen LogP) is 4.97. The molecule has 2 N–H and O–H groups in total. The van der Waals surface area contributed by atoms with Crippen LogP contribution in [0.25, 0.3) is 0 Å². The van der Waals surface area contributed by atoms with Crippen molar-refractivity contribution in [2.75, 3.05) is 45.2 Å². The van der Waals surface area contributed by atoms with Gasteiger partial charge in [-0.25, -0.2) is 4.79 Å². The topological polar surface area (TPSA) is 56.8 Å². The van der Waals surface area contributed by atoms with Gasteiger partial charge in [0.2, 0.25) is 0 Å². The van der Waals surface area contributed by atoms with Gasteiger partial charge in [-0.3, -0.25) is 9.80 Å². The predicted molar refractivity (Wildman–Crippen MR) is 132 cm³/mol. The van der Waals surface area contributed by atoms with E-state index in [0.29, 0.717) is 27.4 Å². The highest BCUT2D eigenvalue weighted by Crippen LogP contribution is 2.23. The Morgan fingerprint density at radius 1 is 1.03 bits per heavy atom. The van der Waals surface area contributed by atoms with Crippen LogP contribution in [0.2, 0.25) is 10.0 Å². The maximum atomic E-state index is 12.6. The van der Waals surface area contributed by atoms with E-state index < -0.39 is 0 Å². The first-order valence-corrected chi connectivity index (χ1v) is 11.7. The number of anilines is 1. The van der Waals surface area contributed by atoms with E-state index in [9.17, 15) is 4.79 Å². The second kappa shape index (κ2) is 11.8. The summed E-state index contributed by atoms with van der Waals surface area (Å²) in [5.74, 6) is 1.03. The van der Waals surface area contributed by atoms with Crippen molar-refractivity contribution in [2.24, 2.45) is 5.92 Å². The van der Waals surface area contributed by atoms with Crippen molar-refractivity contribution in [3.63, 3.8) is 0 Å². The van der Waals surface area contributed by atoms with Crippen molar-refractivity contribution < 1.29 is 9.53 Å². The highest BCUT2D eigenvalue weighted by Gasteiger charge is 2.23. The molecule has 174 valence electrons. The van der Waals surface area contributed by atoms with Crippen molar-refractivity contribution in [3.05, 3.63) is 58.1 Å². The molecule has 0 aromatic heterocycles. The van der Waals surface area contributed by atoms with Gasteiger partial charge in [0.1, 0.15) is 5.75 Å². The molecule has 1 heterocycles. The second-order valence-electron chi connectivity index (χ2n) is 8.51. The van der Waals surface area contributed by atoms with Crippen molar-refractivity contribution in [1.29, 1.82) is 0 Å². The molecule has 0 saturated carbocycles. The van der Waals surface area contributed by atoms with Crippen molar-refractivity contribution in [2.45, 2.75) is 26.4 Å². The summed E-state index contributed by atoms with van der Waals surface area (Å²) < 4.78 is 5.22. The maximum absolute atomic E-state index is 12.6. The van der Waals surface area contributed by atoms with Crippen LogP contribution in [-0.4, -0.2) is 61.7 Å². The third-order valence-electron chi connectivity index (χ3n) is 5.76. The number of ether oxygens (including phenoxy) is 1. The third-order valence-corrected chi connectivity index (χ3v) is 6.50. The summed E-state index contributed by atoms with van der Waals surface area (Å²) in [5.41, 5.74) is 1.88.